The van der Waals surface area contributed by atoms with E-state index in [4.69, 9.17) is 9.72 Å². The van der Waals surface area contributed by atoms with E-state index in [1.54, 1.807) is 7.11 Å². The summed E-state index contributed by atoms with van der Waals surface area (Å²) >= 11 is 0. The Morgan fingerprint density at radius 3 is 2.38 bits per heavy atom. The summed E-state index contributed by atoms with van der Waals surface area (Å²) < 4.78 is 5.31. The highest BCUT2D eigenvalue weighted by Gasteiger charge is 2.18. The fourth-order valence-corrected chi connectivity index (χ4v) is 4.91. The number of piperidine rings is 1. The lowest BCUT2D eigenvalue weighted by atomic mass is 9.90. The fourth-order valence-electron chi connectivity index (χ4n) is 4.91. The largest absolute Gasteiger partial charge is 0.497 e. The zero-order valence-electron chi connectivity index (χ0n) is 20.1. The second-order valence-corrected chi connectivity index (χ2v) is 9.20. The van der Waals surface area contributed by atoms with Gasteiger partial charge in [0.15, 0.2) is 0 Å². The first-order chi connectivity index (χ1) is 16.7. The Balaban J connectivity index is 1.35. The van der Waals surface area contributed by atoms with Crippen LogP contribution in [-0.2, 0) is 6.42 Å². The molecule has 34 heavy (non-hydrogen) atoms. The van der Waals surface area contributed by atoms with E-state index in [1.165, 1.54) is 44.5 Å². The van der Waals surface area contributed by atoms with Crippen molar-refractivity contribution < 1.29 is 4.74 Å². The maximum Gasteiger partial charge on any atom is 0.118 e. The predicted octanol–water partition coefficient (Wildman–Crippen LogP) is 6.93. The number of nitrogens with one attached hydrogen (secondary N) is 1. The third-order valence-corrected chi connectivity index (χ3v) is 7.01. The maximum absolute atomic E-state index is 5.31. The van der Waals surface area contributed by atoms with Crippen molar-refractivity contribution >= 4 is 22.3 Å². The number of ether oxygens (including phenoxy) is 1. The number of benzene rings is 3. The maximum atomic E-state index is 5.31. The van der Waals surface area contributed by atoms with Crippen molar-refractivity contribution in [3.63, 3.8) is 0 Å². The van der Waals surface area contributed by atoms with Gasteiger partial charge in [0.2, 0.25) is 0 Å². The topological polar surface area (TPSA) is 37.4 Å². The monoisotopic (exact) mass is 451 g/mol. The van der Waals surface area contributed by atoms with Crippen LogP contribution in [0, 0.1) is 5.92 Å². The number of methoxy groups -OCH3 is 1. The van der Waals surface area contributed by atoms with E-state index in [0.29, 0.717) is 0 Å². The summed E-state index contributed by atoms with van der Waals surface area (Å²) in [5.41, 5.74) is 6.59. The van der Waals surface area contributed by atoms with Gasteiger partial charge in [-0.25, -0.2) is 4.98 Å². The summed E-state index contributed by atoms with van der Waals surface area (Å²) in [5.74, 6) is 1.65. The van der Waals surface area contributed by atoms with E-state index in [0.717, 1.165) is 45.2 Å². The average Bonchev–Trinajstić information content (AvgIpc) is 2.90. The number of likely N-dealkylation sites (tertiary alicyclic amines) is 1. The average molecular weight is 452 g/mol. The normalized spacial score (nSPS) is 14.9. The third kappa shape index (κ3) is 5.07. The van der Waals surface area contributed by atoms with Crippen molar-refractivity contribution in [1.82, 2.24) is 9.88 Å². The van der Waals surface area contributed by atoms with Crippen LogP contribution in [0.5, 0.6) is 5.75 Å². The third-order valence-electron chi connectivity index (χ3n) is 7.01. The lowest BCUT2D eigenvalue weighted by Gasteiger charge is -2.31. The smallest absolute Gasteiger partial charge is 0.118 e. The molecule has 1 N–H and O–H groups in total. The summed E-state index contributed by atoms with van der Waals surface area (Å²) in [7, 11) is 1.69. The van der Waals surface area contributed by atoms with Crippen molar-refractivity contribution in [2.75, 3.05) is 32.1 Å². The summed E-state index contributed by atoms with van der Waals surface area (Å²) in [6.45, 7) is 5.92. The van der Waals surface area contributed by atoms with E-state index in [-0.39, 0.29) is 0 Å². The molecule has 1 aliphatic heterocycles. The Labute approximate surface area is 202 Å². The molecule has 1 saturated heterocycles. The number of fused-ring (bicyclic) bond motifs is 1. The molecule has 0 atom stereocenters. The molecule has 174 valence electrons. The Bertz CT molecular complexity index is 1230. The van der Waals surface area contributed by atoms with Crippen LogP contribution >= 0.6 is 0 Å². The molecule has 1 aliphatic rings. The second kappa shape index (κ2) is 10.3. The lowest BCUT2D eigenvalue weighted by Crippen LogP contribution is -2.34. The van der Waals surface area contributed by atoms with Crippen LogP contribution in [0.1, 0.15) is 25.3 Å². The van der Waals surface area contributed by atoms with Crippen molar-refractivity contribution in [2.45, 2.75) is 26.2 Å². The molecule has 0 radical (unpaired) electrons. The molecule has 4 nitrogen and oxygen atoms in total. The molecule has 0 unspecified atom stereocenters. The number of anilines is 2. The van der Waals surface area contributed by atoms with Gasteiger partial charge in [0.05, 0.1) is 24.0 Å². The van der Waals surface area contributed by atoms with Crippen molar-refractivity contribution in [3.05, 3.63) is 84.4 Å². The standard InChI is InChI=1S/C30H33N3O/c1-3-33-18-16-23(17-19-33)20-22-8-12-25(13-9-22)31-30-21-29(24-10-14-26(34-2)15-11-24)32-28-7-5-4-6-27(28)30/h4-15,21,23H,3,16-20H2,1-2H3,(H,31,32). The van der Waals surface area contributed by atoms with E-state index < -0.39 is 0 Å². The molecular weight excluding hydrogens is 418 g/mol. The van der Waals surface area contributed by atoms with Gasteiger partial charge in [-0.3, -0.25) is 0 Å². The van der Waals surface area contributed by atoms with Gasteiger partial charge in [0, 0.05) is 16.6 Å². The van der Waals surface area contributed by atoms with E-state index in [1.807, 2.05) is 18.2 Å². The molecule has 0 amide bonds. The zero-order valence-corrected chi connectivity index (χ0v) is 20.1. The number of pyridine rings is 1. The summed E-state index contributed by atoms with van der Waals surface area (Å²) in [5, 5.41) is 4.77. The molecule has 0 spiro atoms. The Morgan fingerprint density at radius 2 is 1.68 bits per heavy atom. The summed E-state index contributed by atoms with van der Waals surface area (Å²) in [6, 6.07) is 27.5. The molecule has 5 rings (SSSR count). The number of para-hydroxylation sites is 1. The highest BCUT2D eigenvalue weighted by Crippen LogP contribution is 2.31. The molecule has 3 aromatic carbocycles. The Kier molecular flexibility index (Phi) is 6.77. The first-order valence-electron chi connectivity index (χ1n) is 12.3. The quantitative estimate of drug-likeness (QED) is 0.331. The van der Waals surface area contributed by atoms with Gasteiger partial charge in [-0.05, 0) is 98.9 Å². The van der Waals surface area contributed by atoms with Gasteiger partial charge in [-0.15, -0.1) is 0 Å². The number of hydrogen-bond acceptors (Lipinski definition) is 4. The number of nitrogens with zero attached hydrogens (tertiary/aromatic N) is 2. The predicted molar refractivity (Wildman–Crippen MR) is 142 cm³/mol. The summed E-state index contributed by atoms with van der Waals surface area (Å²) in [6.07, 6.45) is 3.80. The molecule has 4 heteroatoms. The zero-order chi connectivity index (χ0) is 23.3. The molecular formula is C30H33N3O. The highest BCUT2D eigenvalue weighted by atomic mass is 16.5. The molecule has 0 bridgehead atoms. The minimum atomic E-state index is 0.804. The van der Waals surface area contributed by atoms with E-state index in [2.05, 4.69) is 77.8 Å². The number of rotatable bonds is 7. The van der Waals surface area contributed by atoms with Crippen LogP contribution in [0.2, 0.25) is 0 Å². The van der Waals surface area contributed by atoms with Gasteiger partial charge in [-0.1, -0.05) is 37.3 Å². The van der Waals surface area contributed by atoms with Crippen molar-refractivity contribution in [3.8, 4) is 17.0 Å². The van der Waals surface area contributed by atoms with E-state index in [9.17, 15) is 0 Å². The number of hydrogen-bond donors (Lipinski definition) is 1. The molecule has 2 heterocycles. The van der Waals surface area contributed by atoms with E-state index >= 15 is 0 Å². The fraction of sp³-hybridized carbons (Fsp3) is 0.300. The first kappa shape index (κ1) is 22.4. The van der Waals surface area contributed by atoms with Crippen LogP contribution in [0.4, 0.5) is 11.4 Å². The first-order valence-corrected chi connectivity index (χ1v) is 12.3. The molecule has 0 saturated carbocycles. The molecule has 4 aromatic rings. The molecule has 0 aliphatic carbocycles. The molecule has 1 aromatic heterocycles. The van der Waals surface area contributed by atoms with Crippen molar-refractivity contribution in [2.24, 2.45) is 5.92 Å². The molecule has 1 fully saturated rings. The van der Waals surface area contributed by atoms with Crippen LogP contribution in [-0.4, -0.2) is 36.6 Å². The number of aromatic nitrogens is 1. The Hall–Kier alpha value is -3.37. The van der Waals surface area contributed by atoms with Gasteiger partial charge in [-0.2, -0.15) is 0 Å². The van der Waals surface area contributed by atoms with Crippen molar-refractivity contribution in [1.29, 1.82) is 0 Å². The minimum Gasteiger partial charge on any atom is -0.497 e. The van der Waals surface area contributed by atoms with Crippen LogP contribution < -0.4 is 10.1 Å². The van der Waals surface area contributed by atoms with Gasteiger partial charge in [0.25, 0.3) is 0 Å². The second-order valence-electron chi connectivity index (χ2n) is 9.20. The Morgan fingerprint density at radius 1 is 0.941 bits per heavy atom. The van der Waals surface area contributed by atoms with Crippen LogP contribution in [0.15, 0.2) is 78.9 Å². The van der Waals surface area contributed by atoms with Gasteiger partial charge in [0.1, 0.15) is 5.75 Å². The van der Waals surface area contributed by atoms with Crippen LogP contribution in [0.3, 0.4) is 0 Å². The minimum absolute atomic E-state index is 0.804. The van der Waals surface area contributed by atoms with Gasteiger partial charge >= 0.3 is 0 Å². The SMILES string of the molecule is CCN1CCC(Cc2ccc(Nc3cc(-c4ccc(OC)cc4)nc4ccccc34)cc2)CC1. The van der Waals surface area contributed by atoms with Crippen LogP contribution in [0.25, 0.3) is 22.2 Å². The summed E-state index contributed by atoms with van der Waals surface area (Å²) in [4.78, 5) is 7.47. The highest BCUT2D eigenvalue weighted by molar-refractivity contribution is 5.95. The van der Waals surface area contributed by atoms with Gasteiger partial charge < -0.3 is 15.0 Å². The lowest BCUT2D eigenvalue weighted by molar-refractivity contribution is 0.192.